The molecule has 1 aliphatic heterocycles. The summed E-state index contributed by atoms with van der Waals surface area (Å²) in [6, 6.07) is 1.01. The Morgan fingerprint density at radius 1 is 1.25 bits per heavy atom. The van der Waals surface area contributed by atoms with Gasteiger partial charge in [-0.25, -0.2) is 14.4 Å². The Labute approximate surface area is 205 Å². The number of aryl methyl sites for hydroxylation is 1. The Morgan fingerprint density at radius 2 is 1.97 bits per heavy atom. The fourth-order valence-corrected chi connectivity index (χ4v) is 6.11. The van der Waals surface area contributed by atoms with Crippen LogP contribution >= 0.6 is 0 Å². The number of piperidine rings is 1. The highest BCUT2D eigenvalue weighted by Crippen LogP contribution is 2.60. The van der Waals surface area contributed by atoms with Crippen molar-refractivity contribution in [2.45, 2.75) is 63.7 Å². The number of alkyl halides is 3. The first-order valence-electron chi connectivity index (χ1n) is 12.3. The summed E-state index contributed by atoms with van der Waals surface area (Å²) in [5, 5.41) is 18.5. The molecule has 0 spiro atoms. The van der Waals surface area contributed by atoms with Crippen LogP contribution in [0, 0.1) is 24.6 Å². The number of nitrogens with zero attached hydrogens (tertiary/aromatic N) is 4. The molecule has 36 heavy (non-hydrogen) atoms. The maximum atomic E-state index is 16.4. The number of aliphatic hydroxyl groups excluding tert-OH is 1. The highest BCUT2D eigenvalue weighted by molar-refractivity contribution is 5.90. The standard InChI is InChI=1S/C25H28F4N6O/c1-9(2)21-18-23(17-13-7-31-14(8-36)16(13)17)34-35(11-4-5-11)24(18)20(26)22(33-21)12-6-15(30)32-10(3)19(12)25(27,28)29/h6,9,11,13-14,16-17,31,36H,4-5,7-8H2,1-3H3,(H2,30,32)/t13-,14?,16-,17+/m1/s1. The van der Waals surface area contributed by atoms with Crippen molar-refractivity contribution in [1.29, 1.82) is 0 Å². The number of anilines is 1. The summed E-state index contributed by atoms with van der Waals surface area (Å²) in [6.07, 6.45) is -3.10. The maximum Gasteiger partial charge on any atom is 0.418 e. The largest absolute Gasteiger partial charge is 0.418 e. The molecule has 3 fully saturated rings. The minimum atomic E-state index is -4.76. The van der Waals surface area contributed by atoms with Crippen LogP contribution in [0.1, 0.15) is 67.2 Å². The molecule has 1 saturated heterocycles. The number of nitrogen functional groups attached to an aromatic ring is 1. The quantitative estimate of drug-likeness (QED) is 0.448. The van der Waals surface area contributed by atoms with Gasteiger partial charge in [-0.3, -0.25) is 4.68 Å². The van der Waals surface area contributed by atoms with Gasteiger partial charge in [-0.2, -0.15) is 18.3 Å². The lowest BCUT2D eigenvalue weighted by Gasteiger charge is -2.18. The number of pyridine rings is 2. The summed E-state index contributed by atoms with van der Waals surface area (Å²) in [5.74, 6) is -0.605. The van der Waals surface area contributed by atoms with E-state index in [0.717, 1.165) is 31.1 Å². The molecule has 192 valence electrons. The molecule has 2 saturated carbocycles. The van der Waals surface area contributed by atoms with E-state index in [9.17, 15) is 18.3 Å². The smallest absolute Gasteiger partial charge is 0.395 e. The maximum absolute atomic E-state index is 16.4. The molecule has 4 heterocycles. The van der Waals surface area contributed by atoms with Gasteiger partial charge in [0.2, 0.25) is 0 Å². The first-order valence-corrected chi connectivity index (χ1v) is 12.3. The molecule has 0 bridgehead atoms. The molecule has 3 aromatic rings. The lowest BCUT2D eigenvalue weighted by atomic mass is 9.96. The van der Waals surface area contributed by atoms with Crippen LogP contribution in [-0.4, -0.2) is 44.0 Å². The summed E-state index contributed by atoms with van der Waals surface area (Å²) in [5.41, 5.74) is 5.13. The topological polar surface area (TPSA) is 102 Å². The molecule has 6 rings (SSSR count). The number of fused-ring (bicyclic) bond motifs is 2. The van der Waals surface area contributed by atoms with E-state index < -0.39 is 23.1 Å². The zero-order valence-corrected chi connectivity index (χ0v) is 20.2. The SMILES string of the molecule is Cc1nc(N)cc(-c2nc(C(C)C)c3c([C@H]4[C@@H]5CNC(CO)[C@@H]54)nn(C4CC4)c3c2F)c1C(F)(F)F. The van der Waals surface area contributed by atoms with Crippen molar-refractivity contribution in [2.75, 3.05) is 18.9 Å². The minimum Gasteiger partial charge on any atom is -0.395 e. The number of aliphatic hydroxyl groups is 1. The lowest BCUT2D eigenvalue weighted by Crippen LogP contribution is -2.31. The fourth-order valence-electron chi connectivity index (χ4n) is 6.11. The molecule has 7 nitrogen and oxygen atoms in total. The van der Waals surface area contributed by atoms with Gasteiger partial charge in [0, 0.05) is 22.9 Å². The Hall–Kier alpha value is -2.79. The molecule has 2 aliphatic carbocycles. The minimum absolute atomic E-state index is 0.00250. The second-order valence-corrected chi connectivity index (χ2v) is 10.6. The number of nitrogens with two attached hydrogens (primary N) is 1. The van der Waals surface area contributed by atoms with Crippen LogP contribution in [0.15, 0.2) is 6.07 Å². The number of aromatic nitrogens is 4. The number of halogens is 4. The van der Waals surface area contributed by atoms with Crippen molar-refractivity contribution >= 4 is 16.7 Å². The highest BCUT2D eigenvalue weighted by Gasteiger charge is 2.60. The molecule has 3 aromatic heterocycles. The third-order valence-corrected chi connectivity index (χ3v) is 7.86. The van der Waals surface area contributed by atoms with Crippen LogP contribution < -0.4 is 11.1 Å². The second-order valence-electron chi connectivity index (χ2n) is 10.6. The van der Waals surface area contributed by atoms with Gasteiger partial charge in [0.15, 0.2) is 5.82 Å². The van der Waals surface area contributed by atoms with E-state index in [1.807, 2.05) is 13.8 Å². The second kappa shape index (κ2) is 7.85. The third-order valence-electron chi connectivity index (χ3n) is 7.86. The van der Waals surface area contributed by atoms with Crippen molar-refractivity contribution in [3.63, 3.8) is 0 Å². The van der Waals surface area contributed by atoms with E-state index in [2.05, 4.69) is 15.3 Å². The van der Waals surface area contributed by atoms with E-state index in [4.69, 9.17) is 10.8 Å². The van der Waals surface area contributed by atoms with Gasteiger partial charge < -0.3 is 16.2 Å². The zero-order chi connectivity index (χ0) is 25.7. The predicted octanol–water partition coefficient (Wildman–Crippen LogP) is 4.29. The molecule has 1 unspecified atom stereocenters. The molecular formula is C25H28F4N6O. The number of hydrogen-bond donors (Lipinski definition) is 3. The Bertz CT molecular complexity index is 1380. The van der Waals surface area contributed by atoms with Crippen molar-refractivity contribution in [3.05, 3.63) is 34.5 Å². The van der Waals surface area contributed by atoms with Crippen molar-refractivity contribution in [2.24, 2.45) is 11.8 Å². The van der Waals surface area contributed by atoms with Crippen LogP contribution in [0.3, 0.4) is 0 Å². The van der Waals surface area contributed by atoms with E-state index >= 15 is 4.39 Å². The van der Waals surface area contributed by atoms with Gasteiger partial charge in [-0.05, 0) is 50.1 Å². The Balaban J connectivity index is 1.64. The van der Waals surface area contributed by atoms with Gasteiger partial charge in [0.05, 0.1) is 35.3 Å². The summed E-state index contributed by atoms with van der Waals surface area (Å²) in [7, 11) is 0. The van der Waals surface area contributed by atoms with Gasteiger partial charge in [-0.1, -0.05) is 13.8 Å². The number of rotatable bonds is 5. The Morgan fingerprint density at radius 3 is 2.58 bits per heavy atom. The normalized spacial score (nSPS) is 25.7. The van der Waals surface area contributed by atoms with Crippen molar-refractivity contribution in [1.82, 2.24) is 25.1 Å². The average molecular weight is 505 g/mol. The van der Waals surface area contributed by atoms with Gasteiger partial charge in [-0.15, -0.1) is 0 Å². The molecule has 0 amide bonds. The summed E-state index contributed by atoms with van der Waals surface area (Å²) in [6.45, 7) is 5.75. The molecule has 0 radical (unpaired) electrons. The molecule has 4 N–H and O–H groups in total. The first kappa shape index (κ1) is 23.6. The van der Waals surface area contributed by atoms with Crippen LogP contribution in [0.5, 0.6) is 0 Å². The van der Waals surface area contributed by atoms with Crippen molar-refractivity contribution < 1.29 is 22.7 Å². The number of nitrogens with one attached hydrogen (secondary N) is 1. The zero-order valence-electron chi connectivity index (χ0n) is 20.2. The molecular weight excluding hydrogens is 476 g/mol. The van der Waals surface area contributed by atoms with E-state index in [1.165, 1.54) is 6.92 Å². The van der Waals surface area contributed by atoms with E-state index in [0.29, 0.717) is 11.1 Å². The van der Waals surface area contributed by atoms with Crippen LogP contribution in [0.2, 0.25) is 0 Å². The van der Waals surface area contributed by atoms with Crippen molar-refractivity contribution in [3.8, 4) is 11.3 Å². The molecule has 3 aliphatic rings. The van der Waals surface area contributed by atoms with Crippen LogP contribution in [0.25, 0.3) is 22.2 Å². The van der Waals surface area contributed by atoms with Gasteiger partial charge >= 0.3 is 6.18 Å². The first-order chi connectivity index (χ1) is 17.0. The van der Waals surface area contributed by atoms with Crippen LogP contribution in [-0.2, 0) is 6.18 Å². The average Bonchev–Trinajstić information content (AvgIpc) is 3.68. The summed E-state index contributed by atoms with van der Waals surface area (Å²) >= 11 is 0. The Kier molecular flexibility index (Phi) is 5.15. The third kappa shape index (κ3) is 3.42. The van der Waals surface area contributed by atoms with E-state index in [-0.39, 0.29) is 65.1 Å². The van der Waals surface area contributed by atoms with Gasteiger partial charge in [0.25, 0.3) is 0 Å². The predicted molar refractivity (Wildman–Crippen MR) is 126 cm³/mol. The van der Waals surface area contributed by atoms with Crippen LogP contribution in [0.4, 0.5) is 23.4 Å². The summed E-state index contributed by atoms with van der Waals surface area (Å²) < 4.78 is 60.3. The summed E-state index contributed by atoms with van der Waals surface area (Å²) in [4.78, 5) is 8.33. The molecule has 4 atom stereocenters. The fraction of sp³-hybridized carbons (Fsp3) is 0.560. The lowest BCUT2D eigenvalue weighted by molar-refractivity contribution is -0.137. The van der Waals surface area contributed by atoms with E-state index in [1.54, 1.807) is 4.68 Å². The molecule has 11 heteroatoms. The highest BCUT2D eigenvalue weighted by atomic mass is 19.4. The van der Waals surface area contributed by atoms with Gasteiger partial charge in [0.1, 0.15) is 17.0 Å². The number of hydrogen-bond acceptors (Lipinski definition) is 6. The monoisotopic (exact) mass is 504 g/mol. The molecule has 0 aromatic carbocycles.